The van der Waals surface area contributed by atoms with Gasteiger partial charge in [0, 0.05) is 83.6 Å². The van der Waals surface area contributed by atoms with E-state index in [1.165, 1.54) is 0 Å². The Balaban J connectivity index is 0. The van der Waals surface area contributed by atoms with Gasteiger partial charge in [0.25, 0.3) is 0 Å². The molecule has 0 aromatic carbocycles. The molecule has 41 valence electrons. The van der Waals surface area contributed by atoms with E-state index in [1.54, 1.807) is 0 Å². The fourth-order valence-electron chi connectivity index (χ4n) is 0. The summed E-state index contributed by atoms with van der Waals surface area (Å²) in [5.41, 5.74) is 0. The summed E-state index contributed by atoms with van der Waals surface area (Å²) in [5.74, 6) is 0. The molecule has 0 amide bonds. The summed E-state index contributed by atoms with van der Waals surface area (Å²) >= 11 is 0. The summed E-state index contributed by atoms with van der Waals surface area (Å²) < 4.78 is 0. The molecule has 0 aromatic heterocycles. The van der Waals surface area contributed by atoms with Crippen molar-refractivity contribution in [1.29, 1.82) is 0 Å². The van der Waals surface area contributed by atoms with Gasteiger partial charge >= 0.3 is 0 Å². The van der Waals surface area contributed by atoms with Crippen LogP contribution in [0.25, 0.3) is 0 Å². The van der Waals surface area contributed by atoms with Crippen LogP contribution in [0.1, 0.15) is 0 Å². The fourth-order valence-corrected chi connectivity index (χ4v) is 0. The summed E-state index contributed by atoms with van der Waals surface area (Å²) in [4.78, 5) is 0. The molecule has 1 radical (unpaired) electrons. The van der Waals surface area contributed by atoms with Gasteiger partial charge in [-0.2, -0.15) is 0 Å². The van der Waals surface area contributed by atoms with Gasteiger partial charge in [0.15, 0.2) is 0 Å². The van der Waals surface area contributed by atoms with Crippen LogP contribution < -0.4 is 0 Å². The van der Waals surface area contributed by atoms with Crippen LogP contribution in [0.15, 0.2) is 0 Å². The molecule has 0 unspecified atom stereocenters. The first-order chi connectivity index (χ1) is 0. The molecule has 4 heteroatoms. The van der Waals surface area contributed by atoms with Crippen molar-refractivity contribution in [3.05, 3.63) is 0 Å². The molecule has 0 saturated carbocycles. The van der Waals surface area contributed by atoms with E-state index in [1.807, 2.05) is 0 Å². The van der Waals surface area contributed by atoms with Gasteiger partial charge in [-0.05, 0) is 0 Å². The molecule has 0 bridgehead atoms. The van der Waals surface area contributed by atoms with Crippen molar-refractivity contribution in [2.45, 2.75) is 0 Å². The van der Waals surface area contributed by atoms with Gasteiger partial charge in [-0.3, -0.25) is 0 Å². The van der Waals surface area contributed by atoms with Gasteiger partial charge in [0.05, 0.1) is 0 Å². The Kier molecular flexibility index (Phi) is 128. The van der Waals surface area contributed by atoms with E-state index in [9.17, 15) is 0 Å². The molecule has 0 spiro atoms. The zero-order valence-corrected chi connectivity index (χ0v) is 8.08. The van der Waals surface area contributed by atoms with Crippen LogP contribution in [0.3, 0.4) is 0 Å². The standard InChI is InChI=1S/Au.3Pd. The normalized spacial score (nSPS) is 0. The maximum atomic E-state index is 0. The van der Waals surface area contributed by atoms with Crippen molar-refractivity contribution < 1.29 is 83.6 Å². The van der Waals surface area contributed by atoms with Crippen LogP contribution in [0.5, 0.6) is 0 Å². The van der Waals surface area contributed by atoms with Gasteiger partial charge in [-0.25, -0.2) is 0 Å². The molecule has 4 heavy (non-hydrogen) atoms. The van der Waals surface area contributed by atoms with E-state index < -0.39 is 0 Å². The van der Waals surface area contributed by atoms with Gasteiger partial charge in [0.2, 0.25) is 0 Å². The first kappa shape index (κ1) is 29.7. The van der Waals surface area contributed by atoms with Gasteiger partial charge in [0.1, 0.15) is 0 Å². The quantitative estimate of drug-likeness (QED) is 0.398. The summed E-state index contributed by atoms with van der Waals surface area (Å²) in [7, 11) is 0. The van der Waals surface area contributed by atoms with Crippen LogP contribution in [0, 0.1) is 0 Å². The Morgan fingerprint density at radius 2 is 0.500 bits per heavy atom. The van der Waals surface area contributed by atoms with E-state index in [4.69, 9.17) is 0 Å². The first-order valence-electron chi connectivity index (χ1n) is 0. The van der Waals surface area contributed by atoms with Crippen LogP contribution in [0.4, 0.5) is 0 Å². The van der Waals surface area contributed by atoms with Gasteiger partial charge < -0.3 is 0 Å². The minimum absolute atomic E-state index is 0. The van der Waals surface area contributed by atoms with E-state index in [0.717, 1.165) is 0 Å². The maximum absolute atomic E-state index is 0. The molecule has 0 heterocycles. The largest absolute Gasteiger partial charge is 0 e. The predicted octanol–water partition coefficient (Wildman–Crippen LogP) is -0.0100. The third-order valence-corrected chi connectivity index (χ3v) is 0. The molecule has 0 fully saturated rings. The fraction of sp³-hybridized carbons (Fsp3) is 0. The molecule has 0 saturated heterocycles. The minimum atomic E-state index is 0. The third kappa shape index (κ3) is 8.83. The Morgan fingerprint density at radius 3 is 0.500 bits per heavy atom. The molecule has 0 aliphatic rings. The van der Waals surface area contributed by atoms with E-state index in [2.05, 4.69) is 0 Å². The van der Waals surface area contributed by atoms with Crippen LogP contribution in [0.2, 0.25) is 0 Å². The Morgan fingerprint density at radius 1 is 0.500 bits per heavy atom. The van der Waals surface area contributed by atoms with E-state index in [-0.39, 0.29) is 83.6 Å². The zero-order valence-electron chi connectivity index (χ0n) is 1.25. The number of rotatable bonds is 0. The number of hydrogen-bond acceptors (Lipinski definition) is 0. The molecular formula is AuPd3. The van der Waals surface area contributed by atoms with E-state index >= 15 is 0 Å². The SMILES string of the molecule is [Au].[Pd].[Pd].[Pd]. The Labute approximate surface area is 82.3 Å². The Hall–Kier alpha value is 2.73. The monoisotopic (exact) mass is 515 g/mol. The van der Waals surface area contributed by atoms with Crippen LogP contribution >= 0.6 is 0 Å². The molecule has 0 aliphatic carbocycles. The second-order valence-electron chi connectivity index (χ2n) is 0. The minimum Gasteiger partial charge on any atom is 0 e. The predicted molar refractivity (Wildman–Crippen MR) is 0 cm³/mol. The first-order valence-corrected chi connectivity index (χ1v) is 0. The van der Waals surface area contributed by atoms with Crippen molar-refractivity contribution in [1.82, 2.24) is 0 Å². The Bertz CT molecular complexity index is 3.25. The molecule has 0 rings (SSSR count). The van der Waals surface area contributed by atoms with Crippen molar-refractivity contribution in [2.24, 2.45) is 0 Å². The molecule has 0 atom stereocenters. The van der Waals surface area contributed by atoms with Crippen molar-refractivity contribution >= 4 is 0 Å². The van der Waals surface area contributed by atoms with E-state index in [0.29, 0.717) is 0 Å². The van der Waals surface area contributed by atoms with Crippen LogP contribution in [-0.2, 0) is 83.6 Å². The van der Waals surface area contributed by atoms with Gasteiger partial charge in [-0.15, -0.1) is 0 Å². The molecule has 0 aromatic rings. The van der Waals surface area contributed by atoms with Crippen LogP contribution in [-0.4, -0.2) is 0 Å². The average molecular weight is 516 g/mol. The summed E-state index contributed by atoms with van der Waals surface area (Å²) in [5, 5.41) is 0. The number of hydrogen-bond donors (Lipinski definition) is 0. The smallest absolute Gasteiger partial charge is 0 e. The summed E-state index contributed by atoms with van der Waals surface area (Å²) in [6.07, 6.45) is 0. The van der Waals surface area contributed by atoms with Crippen molar-refractivity contribution in [3.63, 3.8) is 0 Å². The van der Waals surface area contributed by atoms with Crippen molar-refractivity contribution in [2.75, 3.05) is 0 Å². The molecule has 0 N–H and O–H groups in total. The second-order valence-corrected chi connectivity index (χ2v) is 0. The van der Waals surface area contributed by atoms with Gasteiger partial charge in [-0.1, -0.05) is 0 Å². The molecule has 0 nitrogen and oxygen atoms in total. The average Bonchev–Trinajstić information content (AvgIpc) is 0. The molecular weight excluding hydrogens is 516 g/mol. The van der Waals surface area contributed by atoms with Crippen molar-refractivity contribution in [3.8, 4) is 0 Å². The maximum Gasteiger partial charge on any atom is 0 e. The molecule has 0 aliphatic heterocycles. The summed E-state index contributed by atoms with van der Waals surface area (Å²) in [6.45, 7) is 0. The third-order valence-electron chi connectivity index (χ3n) is 0. The topological polar surface area (TPSA) is 0 Å². The summed E-state index contributed by atoms with van der Waals surface area (Å²) in [6, 6.07) is 0. The second kappa shape index (κ2) is 17.2. The zero-order chi connectivity index (χ0) is 0.